The lowest BCUT2D eigenvalue weighted by atomic mass is 10.1. The van der Waals surface area contributed by atoms with E-state index in [1.807, 2.05) is 41.1 Å². The van der Waals surface area contributed by atoms with Gasteiger partial charge in [-0.15, -0.1) is 0 Å². The summed E-state index contributed by atoms with van der Waals surface area (Å²) in [6.45, 7) is 1.65. The molecule has 2 heterocycles. The molecule has 7 nitrogen and oxygen atoms in total. The van der Waals surface area contributed by atoms with Gasteiger partial charge in [0.25, 0.3) is 0 Å². The Morgan fingerprint density at radius 1 is 1.04 bits per heavy atom. The minimum atomic E-state index is 0.821. The molecule has 2 N–H and O–H groups in total. The Labute approximate surface area is 153 Å². The Morgan fingerprint density at radius 3 is 2.35 bits per heavy atom. The molecule has 0 saturated carbocycles. The molecule has 3 rings (SSSR count). The van der Waals surface area contributed by atoms with Gasteiger partial charge in [0.1, 0.15) is 0 Å². The van der Waals surface area contributed by atoms with Gasteiger partial charge in [0.2, 0.25) is 0 Å². The summed E-state index contributed by atoms with van der Waals surface area (Å²) in [6, 6.07) is 10.4. The Morgan fingerprint density at radius 2 is 1.77 bits per heavy atom. The number of guanidine groups is 1. The van der Waals surface area contributed by atoms with Crippen molar-refractivity contribution in [1.29, 1.82) is 0 Å². The molecule has 0 aliphatic rings. The SMILES string of the molecule is CN=C(NCCc1ccc(-n2cccn2)cc1)NCCc1cnn(C)c1. The van der Waals surface area contributed by atoms with Crippen molar-refractivity contribution in [2.24, 2.45) is 12.0 Å². The first-order valence-corrected chi connectivity index (χ1v) is 8.75. The predicted molar refractivity (Wildman–Crippen MR) is 104 cm³/mol. The van der Waals surface area contributed by atoms with Gasteiger partial charge >= 0.3 is 0 Å². The number of rotatable bonds is 7. The summed E-state index contributed by atoms with van der Waals surface area (Å²) in [6.07, 6.45) is 9.50. The number of aromatic nitrogens is 4. The van der Waals surface area contributed by atoms with Crippen LogP contribution in [-0.2, 0) is 19.9 Å². The number of nitrogens with zero attached hydrogens (tertiary/aromatic N) is 5. The van der Waals surface area contributed by atoms with Gasteiger partial charge in [0.05, 0.1) is 11.9 Å². The molecule has 2 aromatic heterocycles. The highest BCUT2D eigenvalue weighted by molar-refractivity contribution is 5.79. The summed E-state index contributed by atoms with van der Waals surface area (Å²) < 4.78 is 3.68. The van der Waals surface area contributed by atoms with Crippen LogP contribution in [0, 0.1) is 0 Å². The molecule has 7 heteroatoms. The first-order chi connectivity index (χ1) is 12.7. The second-order valence-electron chi connectivity index (χ2n) is 6.07. The number of hydrogen-bond acceptors (Lipinski definition) is 3. The van der Waals surface area contributed by atoms with E-state index >= 15 is 0 Å². The molecule has 0 unspecified atom stereocenters. The van der Waals surface area contributed by atoms with E-state index < -0.39 is 0 Å². The van der Waals surface area contributed by atoms with Crippen molar-refractivity contribution in [3.63, 3.8) is 0 Å². The number of aryl methyl sites for hydroxylation is 1. The summed E-state index contributed by atoms with van der Waals surface area (Å²) in [5.41, 5.74) is 3.56. The summed E-state index contributed by atoms with van der Waals surface area (Å²) in [7, 11) is 3.72. The van der Waals surface area contributed by atoms with Crippen LogP contribution in [0.15, 0.2) is 60.1 Å². The molecule has 0 saturated heterocycles. The van der Waals surface area contributed by atoms with Crippen LogP contribution in [0.25, 0.3) is 5.69 Å². The third kappa shape index (κ3) is 4.95. The van der Waals surface area contributed by atoms with Crippen LogP contribution >= 0.6 is 0 Å². The third-order valence-corrected chi connectivity index (χ3v) is 4.10. The summed E-state index contributed by atoms with van der Waals surface area (Å²) in [5, 5.41) is 15.1. The lowest BCUT2D eigenvalue weighted by molar-refractivity contribution is 0.764. The van der Waals surface area contributed by atoms with E-state index in [-0.39, 0.29) is 0 Å². The fourth-order valence-corrected chi connectivity index (χ4v) is 2.71. The highest BCUT2D eigenvalue weighted by Crippen LogP contribution is 2.08. The van der Waals surface area contributed by atoms with E-state index in [9.17, 15) is 0 Å². The molecule has 0 radical (unpaired) electrons. The van der Waals surface area contributed by atoms with E-state index in [2.05, 4.69) is 50.1 Å². The second-order valence-corrected chi connectivity index (χ2v) is 6.07. The van der Waals surface area contributed by atoms with Crippen LogP contribution in [-0.4, -0.2) is 45.7 Å². The van der Waals surface area contributed by atoms with Gasteiger partial charge < -0.3 is 10.6 Å². The van der Waals surface area contributed by atoms with Crippen LogP contribution in [0.5, 0.6) is 0 Å². The van der Waals surface area contributed by atoms with Crippen molar-refractivity contribution in [1.82, 2.24) is 30.2 Å². The summed E-state index contributed by atoms with van der Waals surface area (Å²) in [5.74, 6) is 0.821. The van der Waals surface area contributed by atoms with Gasteiger partial charge in [-0.1, -0.05) is 12.1 Å². The van der Waals surface area contributed by atoms with E-state index in [0.29, 0.717) is 0 Å². The number of nitrogens with one attached hydrogen (secondary N) is 2. The first-order valence-electron chi connectivity index (χ1n) is 8.75. The molecule has 0 bridgehead atoms. The van der Waals surface area contributed by atoms with Crippen molar-refractivity contribution in [3.05, 3.63) is 66.2 Å². The fourth-order valence-electron chi connectivity index (χ4n) is 2.71. The van der Waals surface area contributed by atoms with Crippen LogP contribution in [0.4, 0.5) is 0 Å². The molecular weight excluding hydrogens is 326 g/mol. The van der Waals surface area contributed by atoms with E-state index in [0.717, 1.165) is 37.6 Å². The monoisotopic (exact) mass is 351 g/mol. The number of aliphatic imine (C=N–C) groups is 1. The average Bonchev–Trinajstić information content (AvgIpc) is 3.33. The Hall–Kier alpha value is -3.09. The standard InChI is InChI=1S/C19H25N7/c1-20-19(22-12-9-17-14-24-25(2)15-17)21-11-8-16-4-6-18(7-5-16)26-13-3-10-23-26/h3-7,10,13-15H,8-9,11-12H2,1-2H3,(H2,20,21,22). The van der Waals surface area contributed by atoms with Gasteiger partial charge in [-0.05, 0) is 42.2 Å². The highest BCUT2D eigenvalue weighted by Gasteiger charge is 2.01. The van der Waals surface area contributed by atoms with E-state index in [4.69, 9.17) is 0 Å². The van der Waals surface area contributed by atoms with Gasteiger partial charge in [0.15, 0.2) is 5.96 Å². The molecule has 136 valence electrons. The Bertz CT molecular complexity index is 816. The molecule has 26 heavy (non-hydrogen) atoms. The zero-order chi connectivity index (χ0) is 18.2. The van der Waals surface area contributed by atoms with Crippen LogP contribution in [0.3, 0.4) is 0 Å². The molecule has 3 aromatic rings. The van der Waals surface area contributed by atoms with Gasteiger partial charge in [-0.3, -0.25) is 9.67 Å². The molecule has 0 fully saturated rings. The normalized spacial score (nSPS) is 11.5. The number of hydrogen-bond donors (Lipinski definition) is 2. The molecule has 0 atom stereocenters. The minimum Gasteiger partial charge on any atom is -0.356 e. The highest BCUT2D eigenvalue weighted by atomic mass is 15.3. The zero-order valence-electron chi connectivity index (χ0n) is 15.3. The quantitative estimate of drug-likeness (QED) is 0.500. The lowest BCUT2D eigenvalue weighted by Crippen LogP contribution is -2.39. The topological polar surface area (TPSA) is 72.1 Å². The largest absolute Gasteiger partial charge is 0.356 e. The Kier molecular flexibility index (Phi) is 6.03. The van der Waals surface area contributed by atoms with Crippen LogP contribution in [0.1, 0.15) is 11.1 Å². The molecule has 0 amide bonds. The first kappa shape index (κ1) is 17.7. The van der Waals surface area contributed by atoms with Crippen LogP contribution < -0.4 is 10.6 Å². The van der Waals surface area contributed by atoms with Gasteiger partial charge in [-0.25, -0.2) is 4.68 Å². The van der Waals surface area contributed by atoms with Crippen molar-refractivity contribution < 1.29 is 0 Å². The molecule has 0 aliphatic heterocycles. The minimum absolute atomic E-state index is 0.821. The molecular formula is C19H25N7. The van der Waals surface area contributed by atoms with Crippen molar-refractivity contribution >= 4 is 5.96 Å². The maximum Gasteiger partial charge on any atom is 0.190 e. The Balaban J connectivity index is 1.40. The van der Waals surface area contributed by atoms with E-state index in [1.165, 1.54) is 11.1 Å². The van der Waals surface area contributed by atoms with Crippen molar-refractivity contribution in [3.8, 4) is 5.69 Å². The summed E-state index contributed by atoms with van der Waals surface area (Å²) >= 11 is 0. The molecule has 0 aliphatic carbocycles. The lowest BCUT2D eigenvalue weighted by Gasteiger charge is -2.11. The maximum absolute atomic E-state index is 4.27. The maximum atomic E-state index is 4.27. The van der Waals surface area contributed by atoms with Crippen molar-refractivity contribution in [2.45, 2.75) is 12.8 Å². The zero-order valence-corrected chi connectivity index (χ0v) is 15.3. The average molecular weight is 351 g/mol. The van der Waals surface area contributed by atoms with Crippen molar-refractivity contribution in [2.75, 3.05) is 20.1 Å². The second kappa shape index (κ2) is 8.84. The van der Waals surface area contributed by atoms with Gasteiger partial charge in [0, 0.05) is 45.8 Å². The number of benzene rings is 1. The molecule has 1 aromatic carbocycles. The molecule has 0 spiro atoms. The smallest absolute Gasteiger partial charge is 0.190 e. The van der Waals surface area contributed by atoms with Crippen LogP contribution in [0.2, 0.25) is 0 Å². The van der Waals surface area contributed by atoms with Gasteiger partial charge in [-0.2, -0.15) is 10.2 Å². The van der Waals surface area contributed by atoms with E-state index in [1.54, 1.807) is 13.2 Å². The third-order valence-electron chi connectivity index (χ3n) is 4.10. The summed E-state index contributed by atoms with van der Waals surface area (Å²) in [4.78, 5) is 4.27. The fraction of sp³-hybridized carbons (Fsp3) is 0.316. The predicted octanol–water partition coefficient (Wildman–Crippen LogP) is 1.56.